The topological polar surface area (TPSA) is 87.2 Å². The van der Waals surface area contributed by atoms with Gasteiger partial charge in [-0.05, 0) is 51.4 Å². The van der Waals surface area contributed by atoms with Gasteiger partial charge < -0.3 is 19.6 Å². The molecular formula is C29H45BrN2O5S. The van der Waals surface area contributed by atoms with Crippen LogP contribution in [-0.2, 0) is 19.1 Å². The van der Waals surface area contributed by atoms with Crippen molar-refractivity contribution in [2.45, 2.75) is 93.1 Å². The summed E-state index contributed by atoms with van der Waals surface area (Å²) >= 11 is 5.42. The van der Waals surface area contributed by atoms with Crippen LogP contribution in [-0.4, -0.2) is 85.4 Å². The monoisotopic (exact) mass is 612 g/mol. The molecule has 3 unspecified atom stereocenters. The first kappa shape index (κ1) is 31.2. The second-order valence-corrected chi connectivity index (χ2v) is 15.4. The molecule has 38 heavy (non-hydrogen) atoms. The lowest BCUT2D eigenvalue weighted by Crippen LogP contribution is -2.60. The Morgan fingerprint density at radius 3 is 2.47 bits per heavy atom. The number of ether oxygens (including phenoxy) is 1. The SMILES string of the molecule is C=CCOC(=O)[C@H]1[C@@H]2SC3(CC2Br)C(C(=O)N(CC=C)C(C)(C)CC(C)(C)C)N(CCCCCO)C(=O)[C@H]13. The highest BCUT2D eigenvalue weighted by atomic mass is 79.9. The van der Waals surface area contributed by atoms with Gasteiger partial charge in [0.25, 0.3) is 0 Å². The molecule has 3 rings (SSSR count). The third kappa shape index (κ3) is 5.90. The van der Waals surface area contributed by atoms with Gasteiger partial charge in [-0.1, -0.05) is 55.4 Å². The van der Waals surface area contributed by atoms with Crippen LogP contribution < -0.4 is 0 Å². The van der Waals surface area contributed by atoms with Crippen molar-refractivity contribution in [1.29, 1.82) is 0 Å². The average molecular weight is 614 g/mol. The fraction of sp³-hybridized carbons (Fsp3) is 0.759. The Kier molecular flexibility index (Phi) is 9.90. The third-order valence-electron chi connectivity index (χ3n) is 7.97. The lowest BCUT2D eigenvalue weighted by atomic mass is 9.70. The van der Waals surface area contributed by atoms with Crippen LogP contribution in [0.1, 0.15) is 66.7 Å². The third-order valence-corrected chi connectivity index (χ3v) is 11.2. The predicted octanol–water partition coefficient (Wildman–Crippen LogP) is 4.57. The number of amides is 2. The molecule has 0 aromatic carbocycles. The number of aliphatic hydroxyl groups excluding tert-OH is 1. The van der Waals surface area contributed by atoms with Gasteiger partial charge in [0.05, 0.1) is 16.6 Å². The molecule has 0 aliphatic carbocycles. The number of carbonyl (C=O) groups is 3. The summed E-state index contributed by atoms with van der Waals surface area (Å²) in [7, 11) is 0. The van der Waals surface area contributed by atoms with Crippen molar-refractivity contribution >= 4 is 45.5 Å². The molecule has 0 radical (unpaired) electrons. The molecule has 2 bridgehead atoms. The number of hydrogen-bond donors (Lipinski definition) is 1. The molecule has 3 fully saturated rings. The second-order valence-electron chi connectivity index (χ2n) is 12.7. The molecule has 3 heterocycles. The molecule has 3 aliphatic heterocycles. The van der Waals surface area contributed by atoms with Crippen LogP contribution in [0.2, 0.25) is 0 Å². The van der Waals surface area contributed by atoms with Crippen LogP contribution in [0.3, 0.4) is 0 Å². The van der Waals surface area contributed by atoms with E-state index < -0.39 is 34.1 Å². The molecule has 0 aromatic rings. The van der Waals surface area contributed by atoms with Gasteiger partial charge in [-0.15, -0.1) is 18.3 Å². The van der Waals surface area contributed by atoms with Crippen LogP contribution in [0.25, 0.3) is 0 Å². The maximum atomic E-state index is 14.7. The number of hydrogen-bond acceptors (Lipinski definition) is 6. The summed E-state index contributed by atoms with van der Waals surface area (Å²) in [5.74, 6) is -1.82. The molecule has 1 spiro atoms. The maximum absolute atomic E-state index is 14.7. The maximum Gasteiger partial charge on any atom is 0.311 e. The molecule has 6 atom stereocenters. The number of thioether (sulfide) groups is 1. The molecule has 1 N–H and O–H groups in total. The van der Waals surface area contributed by atoms with Gasteiger partial charge in [0.15, 0.2) is 0 Å². The summed E-state index contributed by atoms with van der Waals surface area (Å²) in [6.45, 7) is 19.2. The van der Waals surface area contributed by atoms with E-state index in [0.29, 0.717) is 32.4 Å². The highest BCUT2D eigenvalue weighted by Crippen LogP contribution is 2.68. The summed E-state index contributed by atoms with van der Waals surface area (Å²) in [5, 5.41) is 9.12. The van der Waals surface area contributed by atoms with Crippen molar-refractivity contribution in [3.63, 3.8) is 0 Å². The first-order valence-electron chi connectivity index (χ1n) is 13.7. The van der Waals surface area contributed by atoms with E-state index in [2.05, 4.69) is 63.7 Å². The van der Waals surface area contributed by atoms with E-state index in [-0.39, 0.29) is 40.5 Å². The van der Waals surface area contributed by atoms with Gasteiger partial charge in [-0.3, -0.25) is 14.4 Å². The van der Waals surface area contributed by atoms with Gasteiger partial charge >= 0.3 is 5.97 Å². The zero-order valence-electron chi connectivity index (χ0n) is 23.6. The first-order valence-corrected chi connectivity index (χ1v) is 15.5. The van der Waals surface area contributed by atoms with Gasteiger partial charge in [0, 0.05) is 35.3 Å². The van der Waals surface area contributed by atoms with E-state index in [1.807, 2.05) is 4.90 Å². The van der Waals surface area contributed by atoms with Crippen LogP contribution >= 0.6 is 27.7 Å². The normalized spacial score (nSPS) is 30.3. The zero-order valence-corrected chi connectivity index (χ0v) is 26.0. The van der Waals surface area contributed by atoms with Crippen LogP contribution in [0, 0.1) is 17.3 Å². The molecule has 3 saturated heterocycles. The van der Waals surface area contributed by atoms with Gasteiger partial charge in [-0.25, -0.2) is 0 Å². The van der Waals surface area contributed by atoms with Gasteiger partial charge in [0.1, 0.15) is 12.6 Å². The highest BCUT2D eigenvalue weighted by molar-refractivity contribution is 9.09. The number of fused-ring (bicyclic) bond motifs is 1. The fourth-order valence-electron chi connectivity index (χ4n) is 7.03. The molecular weight excluding hydrogens is 568 g/mol. The summed E-state index contributed by atoms with van der Waals surface area (Å²) in [5.41, 5.74) is -0.484. The highest BCUT2D eigenvalue weighted by Gasteiger charge is 2.76. The minimum Gasteiger partial charge on any atom is -0.461 e. The lowest BCUT2D eigenvalue weighted by molar-refractivity contribution is -0.153. The van der Waals surface area contributed by atoms with Crippen molar-refractivity contribution in [3.8, 4) is 0 Å². The average Bonchev–Trinajstić information content (AvgIpc) is 3.40. The van der Waals surface area contributed by atoms with Crippen molar-refractivity contribution in [2.24, 2.45) is 17.3 Å². The Labute approximate surface area is 240 Å². The minimum absolute atomic E-state index is 0.00194. The Bertz CT molecular complexity index is 934. The number of likely N-dealkylation sites (tertiary alicyclic amines) is 1. The van der Waals surface area contributed by atoms with Crippen LogP contribution in [0.15, 0.2) is 25.3 Å². The lowest BCUT2D eigenvalue weighted by Gasteiger charge is -2.46. The molecule has 0 aromatic heterocycles. The summed E-state index contributed by atoms with van der Waals surface area (Å²) in [6, 6.07) is -0.680. The standard InChI is InChI=1S/C29H45BrN2O5S/c1-8-13-32(28(6,7)18-27(3,4)5)25(35)23-29-17-19(30)22(38-29)20(26(36)37-16-9-2)21(29)24(34)31(23)14-11-10-12-15-33/h8-9,19-23,33H,1-2,10-18H2,3-7H3/t19?,20-,21+,22-,23?,29?/m1/s1. The molecule has 214 valence electrons. The van der Waals surface area contributed by atoms with Crippen LogP contribution in [0.5, 0.6) is 0 Å². The summed E-state index contributed by atoms with van der Waals surface area (Å²) in [6.07, 6.45) is 6.78. The van der Waals surface area contributed by atoms with E-state index in [9.17, 15) is 19.5 Å². The van der Waals surface area contributed by atoms with E-state index in [1.165, 1.54) is 6.08 Å². The van der Waals surface area contributed by atoms with E-state index >= 15 is 0 Å². The number of aliphatic hydroxyl groups is 1. The van der Waals surface area contributed by atoms with Gasteiger partial charge in [-0.2, -0.15) is 0 Å². The summed E-state index contributed by atoms with van der Waals surface area (Å²) in [4.78, 5) is 45.7. The van der Waals surface area contributed by atoms with Gasteiger partial charge in [0.2, 0.25) is 11.8 Å². The number of halogens is 1. The Balaban J connectivity index is 2.06. The quantitative estimate of drug-likeness (QED) is 0.142. The number of unbranched alkanes of at least 4 members (excludes halogenated alkanes) is 2. The van der Waals surface area contributed by atoms with Crippen molar-refractivity contribution in [1.82, 2.24) is 9.80 Å². The van der Waals surface area contributed by atoms with E-state index in [0.717, 1.165) is 12.8 Å². The minimum atomic E-state index is -0.709. The molecule has 7 nitrogen and oxygen atoms in total. The predicted molar refractivity (Wildman–Crippen MR) is 156 cm³/mol. The number of carbonyl (C=O) groups excluding carboxylic acids is 3. The Morgan fingerprint density at radius 2 is 1.89 bits per heavy atom. The molecule has 3 aliphatic rings. The van der Waals surface area contributed by atoms with E-state index in [4.69, 9.17) is 4.74 Å². The van der Waals surface area contributed by atoms with E-state index in [1.54, 1.807) is 22.7 Å². The smallest absolute Gasteiger partial charge is 0.311 e. The van der Waals surface area contributed by atoms with Crippen molar-refractivity contribution < 1.29 is 24.2 Å². The number of esters is 1. The molecule has 0 saturated carbocycles. The van der Waals surface area contributed by atoms with Crippen molar-refractivity contribution in [2.75, 3.05) is 26.3 Å². The largest absolute Gasteiger partial charge is 0.461 e. The number of rotatable bonds is 13. The number of alkyl halides is 1. The molecule has 2 amide bonds. The van der Waals surface area contributed by atoms with Crippen LogP contribution in [0.4, 0.5) is 0 Å². The number of nitrogens with zero attached hydrogens (tertiary/aromatic N) is 2. The summed E-state index contributed by atoms with van der Waals surface area (Å²) < 4.78 is 4.76. The zero-order chi connectivity index (χ0) is 28.5. The Morgan fingerprint density at radius 1 is 1.21 bits per heavy atom. The fourth-order valence-corrected chi connectivity index (χ4v) is 10.6. The Hall–Kier alpha value is -1.32. The second kappa shape index (κ2) is 12.0. The van der Waals surface area contributed by atoms with Crippen molar-refractivity contribution in [3.05, 3.63) is 25.3 Å². The first-order chi connectivity index (χ1) is 17.8. The molecule has 9 heteroatoms.